The van der Waals surface area contributed by atoms with Gasteiger partial charge in [-0.15, -0.1) is 0 Å². The van der Waals surface area contributed by atoms with Gasteiger partial charge in [-0.05, 0) is 19.4 Å². The molecule has 0 aromatic carbocycles. The number of hydrogen-bond donors (Lipinski definition) is 3. The zero-order valence-electron chi connectivity index (χ0n) is 13.1. The molecule has 0 bridgehead atoms. The van der Waals surface area contributed by atoms with Crippen LogP contribution in [0.25, 0.3) is 0 Å². The lowest BCUT2D eigenvalue weighted by molar-refractivity contribution is 0.201. The summed E-state index contributed by atoms with van der Waals surface area (Å²) in [6.45, 7) is 10.4. The predicted molar refractivity (Wildman–Crippen MR) is 82.4 cm³/mol. The molecule has 0 aromatic heterocycles. The van der Waals surface area contributed by atoms with Crippen molar-refractivity contribution in [2.45, 2.75) is 53.4 Å². The standard InChI is InChI=1S/C10H23N3O.2C2H6/c1-14-8-5-10(12)9-13-7-4-2-3-6-11;2*1-2/h9,13H,2-8,11-12H2,1H3;2*1-2H3/b10-9-;;. The van der Waals surface area contributed by atoms with Gasteiger partial charge in [-0.2, -0.15) is 0 Å². The summed E-state index contributed by atoms with van der Waals surface area (Å²) in [6.07, 6.45) is 6.07. The number of methoxy groups -OCH3 is 1. The van der Waals surface area contributed by atoms with Crippen LogP contribution in [0.1, 0.15) is 53.4 Å². The summed E-state index contributed by atoms with van der Waals surface area (Å²) >= 11 is 0. The molecule has 5 N–H and O–H groups in total. The maximum atomic E-state index is 5.70. The highest BCUT2D eigenvalue weighted by atomic mass is 16.5. The van der Waals surface area contributed by atoms with Gasteiger partial charge in [0.1, 0.15) is 0 Å². The number of unbranched alkanes of at least 4 members (excludes halogenated alkanes) is 2. The van der Waals surface area contributed by atoms with Crippen LogP contribution in [0.5, 0.6) is 0 Å². The number of hydrogen-bond acceptors (Lipinski definition) is 4. The van der Waals surface area contributed by atoms with Crippen molar-refractivity contribution in [3.63, 3.8) is 0 Å². The van der Waals surface area contributed by atoms with Crippen LogP contribution in [-0.2, 0) is 4.74 Å². The van der Waals surface area contributed by atoms with Gasteiger partial charge in [0.05, 0.1) is 6.61 Å². The lowest BCUT2D eigenvalue weighted by Crippen LogP contribution is -2.12. The Balaban J connectivity index is -0.000000506. The molecule has 112 valence electrons. The summed E-state index contributed by atoms with van der Waals surface area (Å²) in [7, 11) is 1.67. The minimum atomic E-state index is 0.678. The Bertz CT molecular complexity index is 150. The largest absolute Gasteiger partial charge is 0.401 e. The lowest BCUT2D eigenvalue weighted by atomic mass is 10.2. The second kappa shape index (κ2) is 25.2. The van der Waals surface area contributed by atoms with Gasteiger partial charge in [-0.25, -0.2) is 0 Å². The SMILES string of the molecule is CC.CC.COCC/C(N)=C/NCCCCCN. The second-order valence-corrected chi connectivity index (χ2v) is 3.27. The Hall–Kier alpha value is -0.740. The van der Waals surface area contributed by atoms with Crippen molar-refractivity contribution in [3.8, 4) is 0 Å². The van der Waals surface area contributed by atoms with Crippen LogP contribution in [-0.4, -0.2) is 26.8 Å². The van der Waals surface area contributed by atoms with Crippen LogP contribution in [0.3, 0.4) is 0 Å². The molecule has 4 nitrogen and oxygen atoms in total. The molecule has 0 spiro atoms. The molecule has 0 radical (unpaired) electrons. The average molecular weight is 261 g/mol. The third-order valence-electron chi connectivity index (χ3n) is 1.91. The van der Waals surface area contributed by atoms with Crippen LogP contribution in [0.15, 0.2) is 11.9 Å². The first-order chi connectivity index (χ1) is 8.81. The zero-order chi connectivity index (χ0) is 14.6. The van der Waals surface area contributed by atoms with Gasteiger partial charge in [0, 0.05) is 32.0 Å². The highest BCUT2D eigenvalue weighted by Gasteiger charge is 1.89. The molecule has 0 fully saturated rings. The van der Waals surface area contributed by atoms with Crippen molar-refractivity contribution >= 4 is 0 Å². The van der Waals surface area contributed by atoms with Gasteiger partial charge >= 0.3 is 0 Å². The summed E-state index contributed by atoms with van der Waals surface area (Å²) in [6, 6.07) is 0. The minimum absolute atomic E-state index is 0.678. The molecule has 0 rings (SSSR count). The van der Waals surface area contributed by atoms with Gasteiger partial charge in [0.2, 0.25) is 0 Å². The van der Waals surface area contributed by atoms with Gasteiger partial charge in [0.25, 0.3) is 0 Å². The van der Waals surface area contributed by atoms with E-state index in [0.29, 0.717) is 6.61 Å². The fraction of sp³-hybridized carbons (Fsp3) is 0.857. The van der Waals surface area contributed by atoms with Crippen LogP contribution < -0.4 is 16.8 Å². The molecular weight excluding hydrogens is 226 g/mol. The van der Waals surface area contributed by atoms with Crippen molar-refractivity contribution in [1.29, 1.82) is 0 Å². The number of rotatable bonds is 9. The third kappa shape index (κ3) is 24.5. The summed E-state index contributed by atoms with van der Waals surface area (Å²) in [5.41, 5.74) is 11.9. The first-order valence-corrected chi connectivity index (χ1v) is 7.18. The molecule has 4 heteroatoms. The van der Waals surface area contributed by atoms with Crippen molar-refractivity contribution in [2.24, 2.45) is 11.5 Å². The monoisotopic (exact) mass is 261 g/mol. The van der Waals surface area contributed by atoms with Crippen LogP contribution in [0.2, 0.25) is 0 Å². The Morgan fingerprint density at radius 2 is 1.72 bits per heavy atom. The zero-order valence-corrected chi connectivity index (χ0v) is 13.1. The highest BCUT2D eigenvalue weighted by Crippen LogP contribution is 1.93. The highest BCUT2D eigenvalue weighted by molar-refractivity contribution is 4.94. The van der Waals surface area contributed by atoms with E-state index in [1.54, 1.807) is 7.11 Å². The van der Waals surface area contributed by atoms with Crippen molar-refractivity contribution in [3.05, 3.63) is 11.9 Å². The van der Waals surface area contributed by atoms with E-state index in [9.17, 15) is 0 Å². The summed E-state index contributed by atoms with van der Waals surface area (Å²) in [5.74, 6) is 0. The Kier molecular flexibility index (Phi) is 31.4. The molecule has 0 heterocycles. The fourth-order valence-corrected chi connectivity index (χ4v) is 1.04. The average Bonchev–Trinajstić information content (AvgIpc) is 2.45. The molecule has 0 aromatic rings. The van der Waals surface area contributed by atoms with Crippen molar-refractivity contribution < 1.29 is 4.74 Å². The molecule has 0 amide bonds. The van der Waals surface area contributed by atoms with Crippen LogP contribution in [0.4, 0.5) is 0 Å². The number of nitrogens with two attached hydrogens (primary N) is 2. The smallest absolute Gasteiger partial charge is 0.0517 e. The lowest BCUT2D eigenvalue weighted by Gasteiger charge is -2.03. The number of nitrogens with one attached hydrogen (secondary N) is 1. The predicted octanol–water partition coefficient (Wildman–Crippen LogP) is 2.59. The summed E-state index contributed by atoms with van der Waals surface area (Å²) in [4.78, 5) is 0. The second-order valence-electron chi connectivity index (χ2n) is 3.27. The van der Waals surface area contributed by atoms with E-state index in [-0.39, 0.29) is 0 Å². The maximum Gasteiger partial charge on any atom is 0.0517 e. The molecule has 0 saturated carbocycles. The molecule has 0 unspecified atom stereocenters. The van der Waals surface area contributed by atoms with E-state index < -0.39 is 0 Å². The first kappa shape index (κ1) is 22.4. The molecule has 0 aliphatic heterocycles. The van der Waals surface area contributed by atoms with E-state index in [1.165, 1.54) is 6.42 Å². The first-order valence-electron chi connectivity index (χ1n) is 7.18. The van der Waals surface area contributed by atoms with Gasteiger partial charge in [0.15, 0.2) is 0 Å². The normalized spacial score (nSPS) is 9.78. The third-order valence-corrected chi connectivity index (χ3v) is 1.91. The summed E-state index contributed by atoms with van der Waals surface area (Å²) < 4.78 is 4.91. The molecule has 18 heavy (non-hydrogen) atoms. The van der Waals surface area contributed by atoms with E-state index in [1.807, 2.05) is 33.9 Å². The topological polar surface area (TPSA) is 73.3 Å². The van der Waals surface area contributed by atoms with Gasteiger partial charge in [-0.3, -0.25) is 0 Å². The Morgan fingerprint density at radius 3 is 2.22 bits per heavy atom. The molecule has 0 saturated heterocycles. The van der Waals surface area contributed by atoms with E-state index in [0.717, 1.165) is 38.0 Å². The quantitative estimate of drug-likeness (QED) is 0.558. The van der Waals surface area contributed by atoms with Gasteiger partial charge in [-0.1, -0.05) is 34.1 Å². The molecule has 0 aliphatic carbocycles. The summed E-state index contributed by atoms with van der Waals surface area (Å²) in [5, 5.41) is 3.17. The molecule has 0 atom stereocenters. The maximum absolute atomic E-state index is 5.70. The van der Waals surface area contributed by atoms with E-state index in [4.69, 9.17) is 16.2 Å². The van der Waals surface area contributed by atoms with Crippen LogP contribution >= 0.6 is 0 Å². The minimum Gasteiger partial charge on any atom is -0.401 e. The Labute approximate surface area is 114 Å². The number of ether oxygens (including phenoxy) is 1. The van der Waals surface area contributed by atoms with Crippen molar-refractivity contribution in [1.82, 2.24) is 5.32 Å². The van der Waals surface area contributed by atoms with Gasteiger partial charge < -0.3 is 21.5 Å². The molecular formula is C14H35N3O. The molecule has 0 aliphatic rings. The van der Waals surface area contributed by atoms with Crippen LogP contribution in [0, 0.1) is 0 Å². The Morgan fingerprint density at radius 1 is 1.11 bits per heavy atom. The fourth-order valence-electron chi connectivity index (χ4n) is 1.04. The van der Waals surface area contributed by atoms with E-state index in [2.05, 4.69) is 5.32 Å². The van der Waals surface area contributed by atoms with Crippen molar-refractivity contribution in [2.75, 3.05) is 26.8 Å². The van der Waals surface area contributed by atoms with E-state index >= 15 is 0 Å².